The van der Waals surface area contributed by atoms with Crippen LogP contribution in [0.15, 0.2) is 105 Å². The third-order valence-corrected chi connectivity index (χ3v) is 19.1. The van der Waals surface area contributed by atoms with Crippen LogP contribution in [0.25, 0.3) is 12.2 Å². The Hall–Kier alpha value is -10.3. The monoisotopic (exact) mass is 1550 g/mol. The van der Waals surface area contributed by atoms with Crippen molar-refractivity contribution in [3.05, 3.63) is 96.1 Å². The summed E-state index contributed by atoms with van der Waals surface area (Å²) in [6.07, 6.45) is -2.00. The van der Waals surface area contributed by atoms with Gasteiger partial charge in [0.05, 0.1) is 45.2 Å². The van der Waals surface area contributed by atoms with Crippen LogP contribution in [0.4, 0.5) is 58.4 Å². The van der Waals surface area contributed by atoms with Crippen LogP contribution in [-0.4, -0.2) is 212 Å². The van der Waals surface area contributed by atoms with Crippen molar-refractivity contribution < 1.29 is 127 Å². The molecule has 6 rings (SSSR count). The summed E-state index contributed by atoms with van der Waals surface area (Å²) in [4.78, 5) is 99.7. The van der Waals surface area contributed by atoms with Gasteiger partial charge < -0.3 is 62.1 Å². The number of anilines is 10. The molecule has 0 aliphatic carbocycles. The molecule has 4 aromatic carbocycles. The highest BCUT2D eigenvalue weighted by Gasteiger charge is 2.36. The molecule has 0 radical (unpaired) electrons. The lowest BCUT2D eigenvalue weighted by molar-refractivity contribution is -0.145. The highest BCUT2D eigenvalue weighted by atomic mass is 32.2. The van der Waals surface area contributed by atoms with Gasteiger partial charge >= 0.3 is 23.9 Å². The van der Waals surface area contributed by atoms with E-state index in [9.17, 15) is 127 Å². The van der Waals surface area contributed by atoms with E-state index < -0.39 is 236 Å². The summed E-state index contributed by atoms with van der Waals surface area (Å²) < 4.78 is 205. The van der Waals surface area contributed by atoms with Crippen molar-refractivity contribution in [3.8, 4) is 0 Å². The molecule has 2 unspecified atom stereocenters. The number of carboxylic acid groups (broad SMARTS) is 4. The van der Waals surface area contributed by atoms with Crippen molar-refractivity contribution in [2.45, 2.75) is 96.1 Å². The number of amides is 2. The standard InChI is InChI=1S/C54H62N14O28S6/c1-53(2,27-97(79,80)81)65-41(69)19-21-67(37(45(75)76)25-43(71)72)51-61-47(55-31-11-15-35(16-12-31)99(85,86)87)59-49(63-51)57-33-9-7-29(39(23-33)101(91,92)93)5-6-30-8-10-34(24-40(30)102(94,95)96)58-50-60-48(56-32-13-17-36(18-14-32)100(88,89)90)62-52(64-50)68(38(46(77)78)26-44(73)74)22-20-42(70)66-54(3,4)28-98(82,83)84/h5-18,23-24,37-38H,19-22,25-28H2,1-4H3,(H,65,69)(H,66,70)(H,71,72)(H,73,74)(H,75,76)(H,77,78)(H,79,80,81)(H,82,83,84)(H,85,86,87)(H,88,89,90)(H,91,92,93)(H,94,95,96)(H2,55,57,59,61,63)(H2,56,58,60,62,64)/b6-5+. The number of carboxylic acids is 4. The van der Waals surface area contributed by atoms with E-state index in [0.29, 0.717) is 9.80 Å². The minimum atomic E-state index is -5.35. The van der Waals surface area contributed by atoms with E-state index in [4.69, 9.17) is 0 Å². The van der Waals surface area contributed by atoms with E-state index >= 15 is 0 Å². The van der Waals surface area contributed by atoms with Crippen LogP contribution in [0.3, 0.4) is 0 Å². The predicted molar refractivity (Wildman–Crippen MR) is 355 cm³/mol. The number of hydrogen-bond donors (Lipinski definition) is 16. The minimum absolute atomic E-state index is 0.0308. The van der Waals surface area contributed by atoms with Gasteiger partial charge in [-0.1, -0.05) is 24.3 Å². The van der Waals surface area contributed by atoms with Crippen molar-refractivity contribution in [1.82, 2.24) is 40.5 Å². The molecular formula is C54H62N14O28S6. The van der Waals surface area contributed by atoms with Gasteiger partial charge in [-0.15, -0.1) is 0 Å². The number of nitrogens with zero attached hydrogens (tertiary/aromatic N) is 8. The van der Waals surface area contributed by atoms with Crippen LogP contribution in [0.1, 0.15) is 64.5 Å². The van der Waals surface area contributed by atoms with Gasteiger partial charge in [-0.25, -0.2) is 9.59 Å². The number of aliphatic carboxylic acids is 4. The van der Waals surface area contributed by atoms with Gasteiger partial charge in [-0.05, 0) is 112 Å². The third kappa shape index (κ3) is 24.8. The molecule has 2 heterocycles. The lowest BCUT2D eigenvalue weighted by Crippen LogP contribution is -2.50. The second-order valence-electron chi connectivity index (χ2n) is 23.0. The van der Waals surface area contributed by atoms with E-state index in [1.54, 1.807) is 0 Å². The van der Waals surface area contributed by atoms with E-state index in [1.807, 2.05) is 0 Å². The molecule has 2 aromatic heterocycles. The lowest BCUT2D eigenvalue weighted by atomic mass is 10.1. The minimum Gasteiger partial charge on any atom is -0.481 e. The van der Waals surface area contributed by atoms with Crippen LogP contribution in [0, 0.1) is 0 Å². The molecule has 552 valence electrons. The molecule has 0 aliphatic rings. The molecule has 0 aliphatic heterocycles. The third-order valence-electron chi connectivity index (χ3n) is 13.4. The fourth-order valence-corrected chi connectivity index (χ4v) is 13.7. The van der Waals surface area contributed by atoms with Crippen LogP contribution in [0.2, 0.25) is 0 Å². The van der Waals surface area contributed by atoms with Gasteiger partial charge in [-0.3, -0.25) is 46.5 Å². The molecule has 0 fully saturated rings. The van der Waals surface area contributed by atoms with Crippen molar-refractivity contribution in [2.75, 3.05) is 55.7 Å². The molecule has 2 amide bonds. The lowest BCUT2D eigenvalue weighted by Gasteiger charge is -2.29. The number of hydrogen-bond acceptors (Lipinski definition) is 30. The van der Waals surface area contributed by atoms with Crippen LogP contribution >= 0.6 is 0 Å². The Bertz CT molecular complexity index is 4690. The molecule has 102 heavy (non-hydrogen) atoms. The Morgan fingerprint density at radius 2 is 0.706 bits per heavy atom. The number of rotatable bonds is 36. The number of nitrogens with one attached hydrogen (secondary N) is 6. The van der Waals surface area contributed by atoms with Gasteiger partial charge in [0.2, 0.25) is 47.5 Å². The first-order valence-electron chi connectivity index (χ1n) is 28.4. The molecule has 0 spiro atoms. The van der Waals surface area contributed by atoms with Crippen LogP contribution in [-0.2, 0) is 89.5 Å². The maximum atomic E-state index is 13.2. The predicted octanol–water partition coefficient (Wildman–Crippen LogP) is 2.00. The first kappa shape index (κ1) is 80.7. The highest BCUT2D eigenvalue weighted by Crippen LogP contribution is 2.31. The Morgan fingerprint density at radius 3 is 0.961 bits per heavy atom. The Balaban J connectivity index is 1.42. The van der Waals surface area contributed by atoms with E-state index in [1.165, 1.54) is 27.7 Å². The number of carbonyl (C=O) groups excluding carboxylic acids is 2. The molecule has 42 nitrogen and oxygen atoms in total. The number of carbonyl (C=O) groups is 6. The Kier molecular flexibility index (Phi) is 25.1. The van der Waals surface area contributed by atoms with Crippen molar-refractivity contribution in [1.29, 1.82) is 0 Å². The first-order valence-corrected chi connectivity index (χ1v) is 37.4. The maximum absolute atomic E-state index is 13.2. The fraction of sp³-hybridized carbons (Fsp3) is 0.296. The van der Waals surface area contributed by atoms with Gasteiger partial charge in [0.25, 0.3) is 60.7 Å². The summed E-state index contributed by atoms with van der Waals surface area (Å²) in [5.74, 6) is -14.8. The molecule has 6 aromatic rings. The largest absolute Gasteiger partial charge is 0.481 e. The van der Waals surface area contributed by atoms with Gasteiger partial charge in [-0.2, -0.15) is 80.4 Å². The van der Waals surface area contributed by atoms with Crippen LogP contribution < -0.4 is 41.7 Å². The summed E-state index contributed by atoms with van der Waals surface area (Å²) in [6, 6.07) is 9.72. The summed E-state index contributed by atoms with van der Waals surface area (Å²) in [7, 11) is -29.5. The first-order chi connectivity index (χ1) is 46.8. The smallest absolute Gasteiger partial charge is 0.327 e. The molecule has 0 saturated carbocycles. The van der Waals surface area contributed by atoms with Crippen molar-refractivity contribution >= 4 is 167 Å². The summed E-state index contributed by atoms with van der Waals surface area (Å²) in [5, 5.41) is 55.4. The summed E-state index contributed by atoms with van der Waals surface area (Å²) in [5.41, 5.74) is -4.82. The zero-order valence-corrected chi connectivity index (χ0v) is 57.8. The molecule has 2 atom stereocenters. The SMILES string of the molecule is CC(C)(CS(=O)(=O)O)NC(=O)CCN(c1nc(Nc2ccc(S(=O)(=O)O)cc2)nc(Nc2ccc(/C=C/c3ccc(Nc4nc(Nc5ccc(S(=O)(=O)O)cc5)nc(N(CCC(=O)NC(C)(C)CS(=O)(=O)O)C(CC(=O)O)C(=O)O)n4)cc3S(=O)(=O)O)c(S(=O)(=O)O)c2)n1)C(CC(=O)O)C(=O)O. The van der Waals surface area contributed by atoms with Gasteiger partial charge in [0.15, 0.2) is 0 Å². The highest BCUT2D eigenvalue weighted by molar-refractivity contribution is 7.87. The zero-order valence-electron chi connectivity index (χ0n) is 52.9. The number of benzene rings is 4. The topological polar surface area (TPSA) is 666 Å². The molecule has 48 heteroatoms. The second kappa shape index (κ2) is 31.7. The Labute approximate surface area is 579 Å². The number of aromatic nitrogens is 6. The quantitative estimate of drug-likeness (QED) is 0.0198. The fourth-order valence-electron chi connectivity index (χ4n) is 9.36. The zero-order chi connectivity index (χ0) is 76.5. The molecule has 16 N–H and O–H groups in total. The van der Waals surface area contributed by atoms with E-state index in [2.05, 4.69) is 61.8 Å². The summed E-state index contributed by atoms with van der Waals surface area (Å²) >= 11 is 0. The Morgan fingerprint density at radius 1 is 0.422 bits per heavy atom. The molecular weight excluding hydrogens is 1490 g/mol. The normalized spacial score (nSPS) is 13.1. The van der Waals surface area contributed by atoms with Crippen molar-refractivity contribution in [3.63, 3.8) is 0 Å². The maximum Gasteiger partial charge on any atom is 0.327 e. The van der Waals surface area contributed by atoms with Gasteiger partial charge in [0.1, 0.15) is 21.9 Å². The van der Waals surface area contributed by atoms with E-state index in [0.717, 1.165) is 97.1 Å². The van der Waals surface area contributed by atoms with Crippen LogP contribution in [0.5, 0.6) is 0 Å². The average molecular weight is 1550 g/mol. The van der Waals surface area contributed by atoms with E-state index in [-0.39, 0.29) is 22.7 Å². The molecule has 0 bridgehead atoms. The second-order valence-corrected chi connectivity index (χ2v) is 31.5. The van der Waals surface area contributed by atoms with Gasteiger partial charge in [0, 0.05) is 48.7 Å². The summed E-state index contributed by atoms with van der Waals surface area (Å²) in [6.45, 7) is 3.36. The average Bonchev–Trinajstić information content (AvgIpc) is 0.801. The van der Waals surface area contributed by atoms with Crippen molar-refractivity contribution in [2.24, 2.45) is 0 Å². The molecule has 0 saturated heterocycles.